The zero-order chi connectivity index (χ0) is 18.4. The van der Waals surface area contributed by atoms with Gasteiger partial charge in [0, 0.05) is 10.7 Å². The average Bonchev–Trinajstić information content (AvgIpc) is 2.58. The van der Waals surface area contributed by atoms with Crippen molar-refractivity contribution in [3.63, 3.8) is 0 Å². The highest BCUT2D eigenvalue weighted by atomic mass is 35.5. The summed E-state index contributed by atoms with van der Waals surface area (Å²) in [6.45, 7) is 1.68. The van der Waals surface area contributed by atoms with Crippen molar-refractivity contribution in [3.05, 3.63) is 58.3 Å². The first-order valence-electron chi connectivity index (χ1n) is 7.28. The minimum absolute atomic E-state index is 0.0786. The van der Waals surface area contributed by atoms with Gasteiger partial charge in [0.15, 0.2) is 0 Å². The Bertz CT molecular complexity index is 772. The van der Waals surface area contributed by atoms with Crippen LogP contribution in [0, 0.1) is 5.82 Å². The first-order valence-corrected chi connectivity index (χ1v) is 9.08. The Morgan fingerprint density at radius 3 is 2.48 bits per heavy atom. The molecule has 4 nitrogen and oxygen atoms in total. The Labute approximate surface area is 159 Å². The lowest BCUT2D eigenvalue weighted by Gasteiger charge is -2.13. The Kier molecular flexibility index (Phi) is 7.11. The predicted octanol–water partition coefficient (Wildman–Crippen LogP) is 4.83. The smallest absolute Gasteiger partial charge is 0.237 e. The fraction of sp³-hybridized carbons (Fsp3) is 0.176. The molecule has 0 fully saturated rings. The molecule has 1 unspecified atom stereocenters. The van der Waals surface area contributed by atoms with Crippen LogP contribution in [0.1, 0.15) is 6.92 Å². The van der Waals surface area contributed by atoms with Gasteiger partial charge >= 0.3 is 0 Å². The van der Waals surface area contributed by atoms with Crippen LogP contribution in [0.15, 0.2) is 42.5 Å². The van der Waals surface area contributed by atoms with Gasteiger partial charge in [-0.05, 0) is 49.4 Å². The van der Waals surface area contributed by atoms with Crippen LogP contribution in [0.5, 0.6) is 0 Å². The van der Waals surface area contributed by atoms with Crippen molar-refractivity contribution in [1.29, 1.82) is 0 Å². The van der Waals surface area contributed by atoms with Crippen LogP contribution < -0.4 is 10.6 Å². The number of halogens is 3. The summed E-state index contributed by atoms with van der Waals surface area (Å²) in [6, 6.07) is 10.2. The molecule has 1 atom stereocenters. The van der Waals surface area contributed by atoms with Gasteiger partial charge in [-0.25, -0.2) is 4.39 Å². The SMILES string of the molecule is CC(SCC(=O)Nc1ccc(F)cc1)C(=O)Nc1cc(Cl)ccc1Cl. The third-order valence-corrected chi connectivity index (χ3v) is 4.86. The third-order valence-electron chi connectivity index (χ3n) is 3.15. The van der Waals surface area contributed by atoms with Crippen LogP contribution in [-0.2, 0) is 9.59 Å². The number of thioether (sulfide) groups is 1. The summed E-state index contributed by atoms with van der Waals surface area (Å²) in [5.74, 6) is -0.868. The van der Waals surface area contributed by atoms with Gasteiger partial charge in [0.2, 0.25) is 11.8 Å². The predicted molar refractivity (Wildman–Crippen MR) is 102 cm³/mol. The van der Waals surface area contributed by atoms with Crippen molar-refractivity contribution in [2.45, 2.75) is 12.2 Å². The molecule has 0 saturated carbocycles. The zero-order valence-corrected chi connectivity index (χ0v) is 15.5. The van der Waals surface area contributed by atoms with E-state index >= 15 is 0 Å². The normalized spacial score (nSPS) is 11.7. The van der Waals surface area contributed by atoms with Crippen molar-refractivity contribution in [1.82, 2.24) is 0 Å². The molecular weight excluding hydrogens is 386 g/mol. The third kappa shape index (κ3) is 6.23. The molecular formula is C17H15Cl2FN2O2S. The molecule has 132 valence electrons. The van der Waals surface area contributed by atoms with Gasteiger partial charge in [0.1, 0.15) is 5.82 Å². The van der Waals surface area contributed by atoms with Crippen LogP contribution in [0.3, 0.4) is 0 Å². The molecule has 0 aliphatic rings. The van der Waals surface area contributed by atoms with E-state index in [-0.39, 0.29) is 23.4 Å². The van der Waals surface area contributed by atoms with E-state index < -0.39 is 5.25 Å². The molecule has 0 saturated heterocycles. The molecule has 2 N–H and O–H groups in total. The lowest BCUT2D eigenvalue weighted by atomic mass is 10.3. The van der Waals surface area contributed by atoms with Crippen LogP contribution in [0.25, 0.3) is 0 Å². The van der Waals surface area contributed by atoms with Gasteiger partial charge in [-0.1, -0.05) is 23.2 Å². The second kappa shape index (κ2) is 9.08. The van der Waals surface area contributed by atoms with E-state index in [1.165, 1.54) is 36.0 Å². The summed E-state index contributed by atoms with van der Waals surface area (Å²) in [4.78, 5) is 24.1. The van der Waals surface area contributed by atoms with Crippen molar-refractivity contribution >= 4 is 58.2 Å². The molecule has 2 aromatic rings. The van der Waals surface area contributed by atoms with Gasteiger partial charge in [-0.2, -0.15) is 0 Å². The van der Waals surface area contributed by atoms with E-state index in [9.17, 15) is 14.0 Å². The van der Waals surface area contributed by atoms with Gasteiger partial charge in [-0.3, -0.25) is 9.59 Å². The standard InChI is InChI=1S/C17H15Cl2FN2O2S/c1-10(17(24)22-15-8-11(18)2-7-14(15)19)25-9-16(23)21-13-5-3-12(20)4-6-13/h2-8,10H,9H2,1H3,(H,21,23)(H,22,24). The van der Waals surface area contributed by atoms with E-state index in [2.05, 4.69) is 10.6 Å². The Morgan fingerprint density at radius 1 is 1.12 bits per heavy atom. The number of hydrogen-bond acceptors (Lipinski definition) is 3. The number of carbonyl (C=O) groups excluding carboxylic acids is 2. The van der Waals surface area contributed by atoms with E-state index in [0.29, 0.717) is 21.4 Å². The molecule has 25 heavy (non-hydrogen) atoms. The Balaban J connectivity index is 1.83. The minimum Gasteiger partial charge on any atom is -0.325 e. The molecule has 0 aromatic heterocycles. The lowest BCUT2D eigenvalue weighted by Crippen LogP contribution is -2.25. The lowest BCUT2D eigenvalue weighted by molar-refractivity contribution is -0.115. The maximum atomic E-state index is 12.8. The van der Waals surface area contributed by atoms with Crippen LogP contribution in [-0.4, -0.2) is 22.8 Å². The zero-order valence-electron chi connectivity index (χ0n) is 13.2. The number of amides is 2. The van der Waals surface area contributed by atoms with E-state index in [0.717, 1.165) is 0 Å². The molecule has 0 bridgehead atoms. The number of nitrogens with one attached hydrogen (secondary N) is 2. The second-order valence-electron chi connectivity index (χ2n) is 5.12. The van der Waals surface area contributed by atoms with Crippen molar-refractivity contribution in [2.75, 3.05) is 16.4 Å². The number of anilines is 2. The van der Waals surface area contributed by atoms with Gasteiger partial charge < -0.3 is 10.6 Å². The quantitative estimate of drug-likeness (QED) is 0.729. The molecule has 0 aliphatic heterocycles. The maximum Gasteiger partial charge on any atom is 0.237 e. The van der Waals surface area contributed by atoms with E-state index in [4.69, 9.17) is 23.2 Å². The van der Waals surface area contributed by atoms with Crippen molar-refractivity contribution in [2.24, 2.45) is 0 Å². The summed E-state index contributed by atoms with van der Waals surface area (Å²) < 4.78 is 12.8. The molecule has 8 heteroatoms. The fourth-order valence-electron chi connectivity index (χ4n) is 1.83. The van der Waals surface area contributed by atoms with Crippen LogP contribution in [0.2, 0.25) is 10.0 Å². The number of hydrogen-bond donors (Lipinski definition) is 2. The van der Waals surface area contributed by atoms with Crippen molar-refractivity contribution < 1.29 is 14.0 Å². The van der Waals surface area contributed by atoms with Gasteiger partial charge in [-0.15, -0.1) is 11.8 Å². The van der Waals surface area contributed by atoms with E-state index in [1.54, 1.807) is 25.1 Å². The summed E-state index contributed by atoms with van der Waals surface area (Å²) in [7, 11) is 0. The van der Waals surface area contributed by atoms with Crippen LogP contribution >= 0.6 is 35.0 Å². The molecule has 0 spiro atoms. The molecule has 2 aromatic carbocycles. The highest BCUT2D eigenvalue weighted by Gasteiger charge is 2.16. The first kappa shape index (κ1) is 19.6. The van der Waals surface area contributed by atoms with Crippen molar-refractivity contribution in [3.8, 4) is 0 Å². The Morgan fingerprint density at radius 2 is 1.80 bits per heavy atom. The summed E-state index contributed by atoms with van der Waals surface area (Å²) in [6.07, 6.45) is 0. The van der Waals surface area contributed by atoms with Gasteiger partial charge in [0.05, 0.1) is 21.7 Å². The van der Waals surface area contributed by atoms with E-state index in [1.807, 2.05) is 0 Å². The largest absolute Gasteiger partial charge is 0.325 e. The average molecular weight is 401 g/mol. The fourth-order valence-corrected chi connectivity index (χ4v) is 2.86. The summed E-state index contributed by atoms with van der Waals surface area (Å²) in [5.41, 5.74) is 0.914. The minimum atomic E-state index is -0.478. The topological polar surface area (TPSA) is 58.2 Å². The van der Waals surface area contributed by atoms with Gasteiger partial charge in [0.25, 0.3) is 0 Å². The summed E-state index contributed by atoms with van der Waals surface area (Å²) >= 11 is 13.1. The Hall–Kier alpha value is -1.76. The molecule has 0 heterocycles. The maximum absolute atomic E-state index is 12.8. The highest BCUT2D eigenvalue weighted by Crippen LogP contribution is 2.26. The number of carbonyl (C=O) groups is 2. The molecule has 2 rings (SSSR count). The first-order chi connectivity index (χ1) is 11.8. The number of rotatable bonds is 6. The summed E-state index contributed by atoms with van der Waals surface area (Å²) in [5, 5.41) is 5.67. The van der Waals surface area contributed by atoms with Crippen LogP contribution in [0.4, 0.5) is 15.8 Å². The molecule has 2 amide bonds. The monoisotopic (exact) mass is 400 g/mol. The second-order valence-corrected chi connectivity index (χ2v) is 7.29. The highest BCUT2D eigenvalue weighted by molar-refractivity contribution is 8.01. The molecule has 0 aliphatic carbocycles. The number of benzene rings is 2. The molecule has 0 radical (unpaired) electrons.